The minimum Gasteiger partial charge on any atom is -0.481 e. The second-order valence-corrected chi connectivity index (χ2v) is 8.97. The Morgan fingerprint density at radius 3 is 2.50 bits per heavy atom. The standard InChI is InChI=1S/C25H29N3O6/c1-25(2,3)34-20(30)14-27-22(31)21-19(29)11-13-28(24(21)32)15-16-7-9-17(10-8-16)18-6-5-12-26-23(18)33-4/h5-10,12,21H,11,13-15H2,1-4H3,(H,27,31). The molecule has 1 aromatic heterocycles. The number of carbonyl (C=O) groups excluding carboxylic acids is 4. The number of ketones is 1. The molecular weight excluding hydrogens is 438 g/mol. The fourth-order valence-corrected chi connectivity index (χ4v) is 3.66. The lowest BCUT2D eigenvalue weighted by Crippen LogP contribution is -2.52. The second-order valence-electron chi connectivity index (χ2n) is 8.97. The van der Waals surface area contributed by atoms with Crippen molar-refractivity contribution in [1.29, 1.82) is 0 Å². The molecule has 2 aromatic rings. The predicted molar refractivity (Wildman–Crippen MR) is 124 cm³/mol. The van der Waals surface area contributed by atoms with Gasteiger partial charge < -0.3 is 19.7 Å². The van der Waals surface area contributed by atoms with Crippen molar-refractivity contribution >= 4 is 23.6 Å². The van der Waals surface area contributed by atoms with Crippen LogP contribution in [0.15, 0.2) is 42.6 Å². The highest BCUT2D eigenvalue weighted by Gasteiger charge is 2.40. The SMILES string of the molecule is COc1ncccc1-c1ccc(CN2CCC(=O)C(C(=O)NCC(=O)OC(C)(C)C)C2=O)cc1. The molecule has 1 atom stereocenters. The number of nitrogens with zero attached hydrogens (tertiary/aromatic N) is 2. The summed E-state index contributed by atoms with van der Waals surface area (Å²) in [6, 6.07) is 11.3. The monoisotopic (exact) mass is 467 g/mol. The van der Waals surface area contributed by atoms with E-state index in [0.717, 1.165) is 16.7 Å². The Hall–Kier alpha value is -3.75. The van der Waals surface area contributed by atoms with Gasteiger partial charge in [-0.1, -0.05) is 24.3 Å². The van der Waals surface area contributed by atoms with Crippen LogP contribution in [-0.4, -0.2) is 59.3 Å². The van der Waals surface area contributed by atoms with Crippen LogP contribution in [-0.2, 0) is 30.5 Å². The van der Waals surface area contributed by atoms with Gasteiger partial charge in [0.05, 0.1) is 7.11 Å². The lowest BCUT2D eigenvalue weighted by Gasteiger charge is -2.31. The van der Waals surface area contributed by atoms with Crippen molar-refractivity contribution in [2.24, 2.45) is 5.92 Å². The number of hydrogen-bond acceptors (Lipinski definition) is 7. The Morgan fingerprint density at radius 1 is 1.15 bits per heavy atom. The third-order valence-corrected chi connectivity index (χ3v) is 5.20. The zero-order valence-corrected chi connectivity index (χ0v) is 19.8. The maximum atomic E-state index is 12.9. The van der Waals surface area contributed by atoms with Crippen LogP contribution >= 0.6 is 0 Å². The molecule has 0 saturated carbocycles. The normalized spacial score (nSPS) is 16.2. The van der Waals surface area contributed by atoms with Gasteiger partial charge >= 0.3 is 5.97 Å². The van der Waals surface area contributed by atoms with Crippen molar-refractivity contribution in [3.8, 4) is 17.0 Å². The van der Waals surface area contributed by atoms with Crippen LogP contribution in [0.25, 0.3) is 11.1 Å². The number of likely N-dealkylation sites (tertiary alicyclic amines) is 1. The number of rotatable bonds is 7. The van der Waals surface area contributed by atoms with Gasteiger partial charge in [-0.3, -0.25) is 19.2 Å². The number of carbonyl (C=O) groups is 4. The van der Waals surface area contributed by atoms with E-state index in [9.17, 15) is 19.2 Å². The maximum Gasteiger partial charge on any atom is 0.325 e. The summed E-state index contributed by atoms with van der Waals surface area (Å²) in [5, 5.41) is 2.36. The Balaban J connectivity index is 1.64. The van der Waals surface area contributed by atoms with Crippen LogP contribution in [0.5, 0.6) is 5.88 Å². The molecule has 9 nitrogen and oxygen atoms in total. The van der Waals surface area contributed by atoms with Crippen LogP contribution in [0.2, 0.25) is 0 Å². The number of methoxy groups -OCH3 is 1. The van der Waals surface area contributed by atoms with Crippen LogP contribution in [0.4, 0.5) is 0 Å². The summed E-state index contributed by atoms with van der Waals surface area (Å²) in [6.07, 6.45) is 1.72. The molecule has 180 valence electrons. The highest BCUT2D eigenvalue weighted by molar-refractivity contribution is 6.19. The van der Waals surface area contributed by atoms with Crippen LogP contribution < -0.4 is 10.1 Å². The summed E-state index contributed by atoms with van der Waals surface area (Å²) < 4.78 is 10.4. The average Bonchev–Trinajstić information content (AvgIpc) is 2.79. The summed E-state index contributed by atoms with van der Waals surface area (Å²) in [5.74, 6) is -3.41. The van der Waals surface area contributed by atoms with Crippen molar-refractivity contribution in [3.05, 3.63) is 48.2 Å². The Morgan fingerprint density at radius 2 is 1.85 bits per heavy atom. The molecule has 0 bridgehead atoms. The van der Waals surface area contributed by atoms with E-state index in [1.807, 2.05) is 36.4 Å². The van der Waals surface area contributed by atoms with Crippen LogP contribution in [0, 0.1) is 5.92 Å². The molecule has 0 aliphatic carbocycles. The van der Waals surface area contributed by atoms with Crippen LogP contribution in [0.3, 0.4) is 0 Å². The van der Waals surface area contributed by atoms with Crippen molar-refractivity contribution in [3.63, 3.8) is 0 Å². The molecule has 0 radical (unpaired) electrons. The van der Waals surface area contributed by atoms with E-state index >= 15 is 0 Å². The van der Waals surface area contributed by atoms with Crippen molar-refractivity contribution in [2.45, 2.75) is 39.3 Å². The number of Topliss-reactive ketones (excluding diaryl/α,β-unsaturated/α-hetero) is 1. The molecule has 2 amide bonds. The molecule has 1 unspecified atom stereocenters. The lowest BCUT2D eigenvalue weighted by atomic mass is 9.94. The molecule has 1 N–H and O–H groups in total. The van der Waals surface area contributed by atoms with E-state index < -0.39 is 41.6 Å². The highest BCUT2D eigenvalue weighted by Crippen LogP contribution is 2.28. The zero-order chi connectivity index (χ0) is 24.9. The minimum atomic E-state index is -1.46. The molecule has 1 fully saturated rings. The van der Waals surface area contributed by atoms with E-state index in [1.165, 1.54) is 4.90 Å². The Kier molecular flexibility index (Phi) is 7.65. The maximum absolute atomic E-state index is 12.9. The molecule has 34 heavy (non-hydrogen) atoms. The number of aromatic nitrogens is 1. The molecule has 0 spiro atoms. The van der Waals surface area contributed by atoms with Crippen molar-refractivity contribution in [2.75, 3.05) is 20.2 Å². The third kappa shape index (κ3) is 6.18. The molecule has 1 aromatic carbocycles. The average molecular weight is 468 g/mol. The number of pyridine rings is 1. The molecule has 9 heteroatoms. The number of piperidine rings is 1. The van der Waals surface area contributed by atoms with Crippen molar-refractivity contribution < 1.29 is 28.7 Å². The van der Waals surface area contributed by atoms with E-state index in [0.29, 0.717) is 5.88 Å². The molecule has 1 saturated heterocycles. The van der Waals surface area contributed by atoms with Crippen LogP contribution in [0.1, 0.15) is 32.8 Å². The lowest BCUT2D eigenvalue weighted by molar-refractivity contribution is -0.157. The van der Waals surface area contributed by atoms with Crippen molar-refractivity contribution in [1.82, 2.24) is 15.2 Å². The summed E-state index contributed by atoms with van der Waals surface area (Å²) in [5.41, 5.74) is 1.90. The summed E-state index contributed by atoms with van der Waals surface area (Å²) in [6.45, 7) is 5.19. The topological polar surface area (TPSA) is 115 Å². The van der Waals surface area contributed by atoms with E-state index in [1.54, 1.807) is 34.1 Å². The smallest absolute Gasteiger partial charge is 0.325 e. The van der Waals surface area contributed by atoms with Gasteiger partial charge in [0.25, 0.3) is 0 Å². The number of esters is 1. The van der Waals surface area contributed by atoms with Gasteiger partial charge in [0.15, 0.2) is 11.7 Å². The van der Waals surface area contributed by atoms with Gasteiger partial charge in [0, 0.05) is 31.3 Å². The quantitative estimate of drug-likeness (QED) is 0.490. The molecular formula is C25H29N3O6. The predicted octanol–water partition coefficient (Wildman–Crippen LogP) is 2.13. The Bertz CT molecular complexity index is 1070. The minimum absolute atomic E-state index is 0.0707. The van der Waals surface area contributed by atoms with Gasteiger partial charge in [0.2, 0.25) is 17.7 Å². The van der Waals surface area contributed by atoms with E-state index in [-0.39, 0.29) is 19.5 Å². The first-order valence-electron chi connectivity index (χ1n) is 11.0. The number of amides is 2. The fraction of sp³-hybridized carbons (Fsp3) is 0.400. The van der Waals surface area contributed by atoms with E-state index in [2.05, 4.69) is 10.3 Å². The first kappa shape index (κ1) is 24.9. The number of nitrogens with one attached hydrogen (secondary N) is 1. The molecule has 1 aliphatic rings. The molecule has 1 aliphatic heterocycles. The Labute approximate surface area is 198 Å². The van der Waals surface area contributed by atoms with E-state index in [4.69, 9.17) is 9.47 Å². The van der Waals surface area contributed by atoms with Gasteiger partial charge in [-0.05, 0) is 44.0 Å². The van der Waals surface area contributed by atoms with Gasteiger partial charge in [-0.15, -0.1) is 0 Å². The van der Waals surface area contributed by atoms with Gasteiger partial charge in [0.1, 0.15) is 12.1 Å². The van der Waals surface area contributed by atoms with Gasteiger partial charge in [-0.25, -0.2) is 4.98 Å². The zero-order valence-electron chi connectivity index (χ0n) is 19.8. The first-order valence-corrected chi connectivity index (χ1v) is 11.0. The van der Waals surface area contributed by atoms with Gasteiger partial charge in [-0.2, -0.15) is 0 Å². The largest absolute Gasteiger partial charge is 0.481 e. The summed E-state index contributed by atoms with van der Waals surface area (Å²) in [4.78, 5) is 55.4. The number of ether oxygens (including phenoxy) is 2. The molecule has 3 rings (SSSR count). The molecule has 2 heterocycles. The second kappa shape index (κ2) is 10.5. The third-order valence-electron chi connectivity index (χ3n) is 5.20. The summed E-state index contributed by atoms with van der Waals surface area (Å²) >= 11 is 0. The fourth-order valence-electron chi connectivity index (χ4n) is 3.66. The number of hydrogen-bond donors (Lipinski definition) is 1. The highest BCUT2D eigenvalue weighted by atomic mass is 16.6. The first-order chi connectivity index (χ1) is 16.1. The summed E-state index contributed by atoms with van der Waals surface area (Å²) in [7, 11) is 1.56. The number of benzene rings is 1.